The molecule has 26 heavy (non-hydrogen) atoms. The number of aromatic nitrogens is 4. The number of ether oxygens (including phenoxy) is 1. The van der Waals surface area contributed by atoms with Crippen molar-refractivity contribution in [2.45, 2.75) is 13.3 Å². The van der Waals surface area contributed by atoms with Gasteiger partial charge < -0.3 is 14.5 Å². The molecule has 0 spiro atoms. The van der Waals surface area contributed by atoms with E-state index in [1.165, 1.54) is 11.9 Å². The van der Waals surface area contributed by atoms with Gasteiger partial charge in [0.25, 0.3) is 5.91 Å². The molecule has 0 radical (unpaired) electrons. The fourth-order valence-corrected chi connectivity index (χ4v) is 2.40. The Labute approximate surface area is 149 Å². The molecule has 0 saturated heterocycles. The molecule has 0 unspecified atom stereocenters. The summed E-state index contributed by atoms with van der Waals surface area (Å²) in [7, 11) is 1.28. The third-order valence-electron chi connectivity index (χ3n) is 3.63. The molecule has 9 heteroatoms. The van der Waals surface area contributed by atoms with Gasteiger partial charge in [-0.25, -0.2) is 9.78 Å². The maximum absolute atomic E-state index is 12.5. The van der Waals surface area contributed by atoms with Gasteiger partial charge in [0.05, 0.1) is 30.8 Å². The predicted octanol–water partition coefficient (Wildman–Crippen LogP) is 1.32. The average Bonchev–Trinajstić information content (AvgIpc) is 3.31. The van der Waals surface area contributed by atoms with Crippen LogP contribution in [0.2, 0.25) is 0 Å². The molecule has 134 valence electrons. The van der Waals surface area contributed by atoms with Crippen LogP contribution >= 0.6 is 0 Å². The van der Waals surface area contributed by atoms with E-state index < -0.39 is 5.97 Å². The van der Waals surface area contributed by atoms with Crippen molar-refractivity contribution >= 4 is 11.9 Å². The summed E-state index contributed by atoms with van der Waals surface area (Å²) < 4.78 is 10.1. The summed E-state index contributed by atoms with van der Waals surface area (Å²) >= 11 is 0. The van der Waals surface area contributed by atoms with Crippen LogP contribution in [0.1, 0.15) is 32.5 Å². The van der Waals surface area contributed by atoms with Crippen LogP contribution in [0.25, 0.3) is 5.69 Å². The number of hydrogen-bond acceptors (Lipinski definition) is 7. The second-order valence-electron chi connectivity index (χ2n) is 5.35. The van der Waals surface area contributed by atoms with Crippen LogP contribution in [0.5, 0.6) is 0 Å². The largest absolute Gasteiger partial charge is 0.464 e. The van der Waals surface area contributed by atoms with Crippen LogP contribution in [0.4, 0.5) is 0 Å². The Morgan fingerprint density at radius 3 is 2.69 bits per heavy atom. The van der Waals surface area contributed by atoms with Crippen molar-refractivity contribution in [3.05, 3.63) is 59.6 Å². The van der Waals surface area contributed by atoms with Gasteiger partial charge in [0, 0.05) is 13.0 Å². The number of esters is 1. The van der Waals surface area contributed by atoms with Crippen molar-refractivity contribution in [2.24, 2.45) is 0 Å². The van der Waals surface area contributed by atoms with Gasteiger partial charge in [0.2, 0.25) is 0 Å². The second kappa shape index (κ2) is 7.60. The zero-order valence-corrected chi connectivity index (χ0v) is 14.3. The van der Waals surface area contributed by atoms with Gasteiger partial charge in [0.1, 0.15) is 5.76 Å². The first-order chi connectivity index (χ1) is 12.6. The number of aryl methyl sites for hydroxylation is 1. The Morgan fingerprint density at radius 1 is 1.23 bits per heavy atom. The van der Waals surface area contributed by atoms with E-state index in [0.717, 1.165) is 0 Å². The van der Waals surface area contributed by atoms with Gasteiger partial charge in [-0.1, -0.05) is 12.1 Å². The number of rotatable bonds is 6. The number of amides is 1. The number of methoxy groups -OCH3 is 1. The first-order valence-corrected chi connectivity index (χ1v) is 7.88. The Bertz CT molecular complexity index is 917. The van der Waals surface area contributed by atoms with Crippen LogP contribution in [-0.2, 0) is 11.2 Å². The molecule has 0 atom stereocenters. The summed E-state index contributed by atoms with van der Waals surface area (Å²) in [5, 5.41) is 10.9. The summed E-state index contributed by atoms with van der Waals surface area (Å²) in [6.45, 7) is 1.93. The number of oxazole rings is 1. The van der Waals surface area contributed by atoms with E-state index >= 15 is 0 Å². The number of para-hydroxylation sites is 1. The standard InChI is InChI=1S/C17H17N5O4/c1-11-15(17(24)25-2)21-14(26-11)7-8-18-16(23)12-5-3-4-6-13(12)22-19-9-10-20-22/h3-6,9-10H,7-8H2,1-2H3,(H,18,23). The summed E-state index contributed by atoms with van der Waals surface area (Å²) in [5.74, 6) is -0.0879. The highest BCUT2D eigenvalue weighted by Crippen LogP contribution is 2.13. The zero-order valence-electron chi connectivity index (χ0n) is 14.3. The fourth-order valence-electron chi connectivity index (χ4n) is 2.40. The number of nitrogens with one attached hydrogen (secondary N) is 1. The summed E-state index contributed by atoms with van der Waals surface area (Å²) in [4.78, 5) is 29.5. The average molecular weight is 355 g/mol. The zero-order chi connectivity index (χ0) is 18.5. The number of carbonyl (C=O) groups excluding carboxylic acids is 2. The Balaban J connectivity index is 1.65. The lowest BCUT2D eigenvalue weighted by atomic mass is 10.1. The first kappa shape index (κ1) is 17.3. The minimum Gasteiger partial charge on any atom is -0.464 e. The molecule has 1 N–H and O–H groups in total. The van der Waals surface area contributed by atoms with E-state index in [2.05, 4.69) is 25.2 Å². The highest BCUT2D eigenvalue weighted by Gasteiger charge is 2.18. The first-order valence-electron chi connectivity index (χ1n) is 7.88. The minimum absolute atomic E-state index is 0.143. The number of nitrogens with zero attached hydrogens (tertiary/aromatic N) is 4. The monoisotopic (exact) mass is 355 g/mol. The molecule has 3 rings (SSSR count). The van der Waals surface area contributed by atoms with E-state index in [1.807, 2.05) is 0 Å². The molecule has 2 aromatic heterocycles. The summed E-state index contributed by atoms with van der Waals surface area (Å²) in [6.07, 6.45) is 3.42. The summed E-state index contributed by atoms with van der Waals surface area (Å²) in [5.41, 5.74) is 1.17. The molecule has 9 nitrogen and oxygen atoms in total. The maximum atomic E-state index is 12.5. The van der Waals surface area contributed by atoms with Crippen molar-refractivity contribution < 1.29 is 18.7 Å². The molecule has 1 amide bonds. The van der Waals surface area contributed by atoms with Crippen molar-refractivity contribution in [3.8, 4) is 5.69 Å². The molecule has 1 aromatic carbocycles. The highest BCUT2D eigenvalue weighted by atomic mass is 16.5. The van der Waals surface area contributed by atoms with Crippen molar-refractivity contribution in [1.82, 2.24) is 25.3 Å². The van der Waals surface area contributed by atoms with E-state index in [-0.39, 0.29) is 11.6 Å². The molecule has 2 heterocycles. The number of benzene rings is 1. The lowest BCUT2D eigenvalue weighted by Gasteiger charge is -2.08. The van der Waals surface area contributed by atoms with E-state index in [9.17, 15) is 9.59 Å². The maximum Gasteiger partial charge on any atom is 0.360 e. The SMILES string of the molecule is COC(=O)c1nc(CCNC(=O)c2ccccc2-n2nccn2)oc1C. The minimum atomic E-state index is -0.554. The molecule has 0 saturated carbocycles. The smallest absolute Gasteiger partial charge is 0.360 e. The van der Waals surface area contributed by atoms with E-state index in [1.54, 1.807) is 43.6 Å². The van der Waals surface area contributed by atoms with Crippen LogP contribution in [0, 0.1) is 6.92 Å². The molecule has 0 aliphatic heterocycles. The normalized spacial score (nSPS) is 10.5. The molecule has 3 aromatic rings. The van der Waals surface area contributed by atoms with Crippen molar-refractivity contribution in [3.63, 3.8) is 0 Å². The Kier molecular flexibility index (Phi) is 5.07. The second-order valence-corrected chi connectivity index (χ2v) is 5.35. The van der Waals surface area contributed by atoms with Gasteiger partial charge in [-0.2, -0.15) is 15.0 Å². The van der Waals surface area contributed by atoms with Crippen LogP contribution in [0.3, 0.4) is 0 Å². The van der Waals surface area contributed by atoms with Crippen LogP contribution in [-0.4, -0.2) is 45.5 Å². The predicted molar refractivity (Wildman–Crippen MR) is 90.0 cm³/mol. The molecule has 0 fully saturated rings. The third-order valence-corrected chi connectivity index (χ3v) is 3.63. The topological polar surface area (TPSA) is 112 Å². The van der Waals surface area contributed by atoms with E-state index in [4.69, 9.17) is 4.42 Å². The van der Waals surface area contributed by atoms with Crippen molar-refractivity contribution in [1.29, 1.82) is 0 Å². The highest BCUT2D eigenvalue weighted by molar-refractivity contribution is 5.97. The Hall–Kier alpha value is -3.49. The van der Waals surface area contributed by atoms with Gasteiger partial charge in [-0.05, 0) is 19.1 Å². The van der Waals surface area contributed by atoms with Crippen LogP contribution in [0.15, 0.2) is 41.1 Å². The number of carbonyl (C=O) groups is 2. The lowest BCUT2D eigenvalue weighted by molar-refractivity contribution is 0.0592. The molecule has 0 bridgehead atoms. The van der Waals surface area contributed by atoms with Gasteiger partial charge >= 0.3 is 5.97 Å². The van der Waals surface area contributed by atoms with Crippen LogP contribution < -0.4 is 5.32 Å². The van der Waals surface area contributed by atoms with Crippen molar-refractivity contribution in [2.75, 3.05) is 13.7 Å². The quantitative estimate of drug-likeness (QED) is 0.664. The lowest BCUT2D eigenvalue weighted by Crippen LogP contribution is -2.27. The van der Waals surface area contributed by atoms with E-state index in [0.29, 0.717) is 35.9 Å². The number of hydrogen-bond donors (Lipinski definition) is 1. The van der Waals surface area contributed by atoms with Gasteiger partial charge in [-0.15, -0.1) is 0 Å². The molecule has 0 aliphatic rings. The fraction of sp³-hybridized carbons (Fsp3) is 0.235. The molecule has 0 aliphatic carbocycles. The van der Waals surface area contributed by atoms with Gasteiger partial charge in [0.15, 0.2) is 11.6 Å². The molecular weight excluding hydrogens is 338 g/mol. The molecular formula is C17H17N5O4. The van der Waals surface area contributed by atoms with Gasteiger partial charge in [-0.3, -0.25) is 4.79 Å². The third kappa shape index (κ3) is 3.61. The summed E-state index contributed by atoms with van der Waals surface area (Å²) in [6, 6.07) is 7.02. The Morgan fingerprint density at radius 2 is 1.96 bits per heavy atom.